The van der Waals surface area contributed by atoms with Crippen LogP contribution >= 0.6 is 0 Å². The van der Waals surface area contributed by atoms with E-state index < -0.39 is 12.6 Å². The van der Waals surface area contributed by atoms with Gasteiger partial charge in [-0.2, -0.15) is 8.78 Å². The number of anilines is 1. The maximum absolute atomic E-state index is 12.2. The van der Waals surface area contributed by atoms with Crippen LogP contribution < -0.4 is 10.1 Å². The van der Waals surface area contributed by atoms with Crippen LogP contribution in [0.5, 0.6) is 5.75 Å². The Balaban J connectivity index is 1.76. The van der Waals surface area contributed by atoms with Crippen LogP contribution in [0, 0.1) is 0 Å². The number of hydrogen-bond donors (Lipinski definition) is 2. The third-order valence-electron chi connectivity index (χ3n) is 4.55. The van der Waals surface area contributed by atoms with Gasteiger partial charge in [-0.05, 0) is 43.7 Å². The monoisotopic (exact) mass is 385 g/mol. The molecule has 1 aromatic carbocycles. The Kier molecular flexibility index (Phi) is 7.93. The van der Waals surface area contributed by atoms with Gasteiger partial charge < -0.3 is 15.2 Å². The SMILES string of the molecule is CCN(CC(=O)O)C1CCN(CC(=O)Nc2ccc(OC(F)F)cc2)CC1. The van der Waals surface area contributed by atoms with Crippen molar-refractivity contribution >= 4 is 17.6 Å². The van der Waals surface area contributed by atoms with Gasteiger partial charge in [0.25, 0.3) is 0 Å². The molecule has 0 atom stereocenters. The fourth-order valence-corrected chi connectivity index (χ4v) is 3.24. The van der Waals surface area contributed by atoms with Crippen molar-refractivity contribution in [3.63, 3.8) is 0 Å². The van der Waals surface area contributed by atoms with Gasteiger partial charge in [-0.3, -0.25) is 19.4 Å². The van der Waals surface area contributed by atoms with E-state index in [4.69, 9.17) is 5.11 Å². The minimum absolute atomic E-state index is 0.0342. The lowest BCUT2D eigenvalue weighted by Gasteiger charge is -2.37. The number of piperidine rings is 1. The van der Waals surface area contributed by atoms with E-state index in [0.717, 1.165) is 25.9 Å². The average Bonchev–Trinajstić information content (AvgIpc) is 2.61. The van der Waals surface area contributed by atoms with E-state index in [9.17, 15) is 18.4 Å². The summed E-state index contributed by atoms with van der Waals surface area (Å²) >= 11 is 0. The lowest BCUT2D eigenvalue weighted by Crippen LogP contribution is -2.48. The van der Waals surface area contributed by atoms with Gasteiger partial charge in [0.2, 0.25) is 5.91 Å². The van der Waals surface area contributed by atoms with Crippen LogP contribution in [-0.2, 0) is 9.59 Å². The molecular weight excluding hydrogens is 360 g/mol. The molecule has 0 unspecified atom stereocenters. The molecule has 0 aromatic heterocycles. The van der Waals surface area contributed by atoms with Gasteiger partial charge in [0.05, 0.1) is 13.1 Å². The quantitative estimate of drug-likeness (QED) is 0.678. The summed E-state index contributed by atoms with van der Waals surface area (Å²) in [6.45, 7) is 1.45. The Morgan fingerprint density at radius 2 is 1.93 bits per heavy atom. The van der Waals surface area contributed by atoms with Gasteiger partial charge in [0.15, 0.2) is 0 Å². The maximum atomic E-state index is 12.2. The predicted molar refractivity (Wildman–Crippen MR) is 96.0 cm³/mol. The molecule has 1 aliphatic heterocycles. The van der Waals surface area contributed by atoms with E-state index in [-0.39, 0.29) is 30.8 Å². The summed E-state index contributed by atoms with van der Waals surface area (Å²) in [5.74, 6) is -0.982. The second kappa shape index (κ2) is 10.2. The van der Waals surface area contributed by atoms with E-state index in [0.29, 0.717) is 12.2 Å². The molecule has 0 aliphatic carbocycles. The third-order valence-corrected chi connectivity index (χ3v) is 4.55. The van der Waals surface area contributed by atoms with Crippen molar-refractivity contribution in [2.45, 2.75) is 32.4 Å². The summed E-state index contributed by atoms with van der Waals surface area (Å²) in [6, 6.07) is 5.97. The Morgan fingerprint density at radius 3 is 2.44 bits per heavy atom. The first-order valence-corrected chi connectivity index (χ1v) is 8.90. The number of likely N-dealkylation sites (tertiary alicyclic amines) is 1. The molecule has 1 saturated heterocycles. The lowest BCUT2D eigenvalue weighted by atomic mass is 10.0. The van der Waals surface area contributed by atoms with Crippen molar-refractivity contribution in [3.8, 4) is 5.75 Å². The number of halogens is 2. The number of carboxylic acids is 1. The Hall–Kier alpha value is -2.26. The first kappa shape index (κ1) is 21.0. The highest BCUT2D eigenvalue weighted by Gasteiger charge is 2.25. The summed E-state index contributed by atoms with van der Waals surface area (Å²) in [6.07, 6.45) is 1.63. The molecule has 9 heteroatoms. The van der Waals surface area contributed by atoms with Crippen molar-refractivity contribution in [2.24, 2.45) is 0 Å². The molecule has 0 radical (unpaired) electrons. The zero-order valence-electron chi connectivity index (χ0n) is 15.2. The van der Waals surface area contributed by atoms with E-state index in [1.807, 2.05) is 16.7 Å². The number of amides is 1. The van der Waals surface area contributed by atoms with Crippen molar-refractivity contribution in [1.29, 1.82) is 0 Å². The van der Waals surface area contributed by atoms with Crippen LogP contribution in [0.25, 0.3) is 0 Å². The Morgan fingerprint density at radius 1 is 1.30 bits per heavy atom. The molecule has 1 aromatic rings. The Bertz CT molecular complexity index is 620. The average molecular weight is 385 g/mol. The molecule has 1 fully saturated rings. The molecule has 0 spiro atoms. The number of benzene rings is 1. The van der Waals surface area contributed by atoms with Gasteiger partial charge in [-0.25, -0.2) is 0 Å². The summed E-state index contributed by atoms with van der Waals surface area (Å²) in [7, 11) is 0. The molecule has 7 nitrogen and oxygen atoms in total. The second-order valence-corrected chi connectivity index (χ2v) is 6.42. The number of likely N-dealkylation sites (N-methyl/N-ethyl adjacent to an activating group) is 1. The number of hydrogen-bond acceptors (Lipinski definition) is 5. The molecule has 2 N–H and O–H groups in total. The second-order valence-electron chi connectivity index (χ2n) is 6.42. The number of nitrogens with one attached hydrogen (secondary N) is 1. The van der Waals surface area contributed by atoms with E-state index in [1.165, 1.54) is 24.3 Å². The van der Waals surface area contributed by atoms with Crippen LogP contribution in [0.3, 0.4) is 0 Å². The molecular formula is C18H25F2N3O4. The first-order chi connectivity index (χ1) is 12.9. The Labute approximate surface area is 156 Å². The van der Waals surface area contributed by atoms with Crippen LogP contribution in [0.15, 0.2) is 24.3 Å². The number of rotatable bonds is 9. The summed E-state index contributed by atoms with van der Waals surface area (Å²) in [4.78, 5) is 27.1. The molecule has 0 saturated carbocycles. The molecule has 2 rings (SSSR count). The molecule has 27 heavy (non-hydrogen) atoms. The molecule has 150 valence electrons. The van der Waals surface area contributed by atoms with Gasteiger partial charge in [0, 0.05) is 24.8 Å². The number of nitrogens with zero attached hydrogens (tertiary/aromatic N) is 2. The minimum Gasteiger partial charge on any atom is -0.480 e. The van der Waals surface area contributed by atoms with Crippen molar-refractivity contribution < 1.29 is 28.2 Å². The van der Waals surface area contributed by atoms with Gasteiger partial charge in [-0.15, -0.1) is 0 Å². The van der Waals surface area contributed by atoms with Crippen LogP contribution in [-0.4, -0.2) is 72.2 Å². The van der Waals surface area contributed by atoms with Crippen LogP contribution in [0.4, 0.5) is 14.5 Å². The summed E-state index contributed by atoms with van der Waals surface area (Å²) in [5, 5.41) is 11.7. The third kappa shape index (κ3) is 7.10. The molecule has 1 amide bonds. The molecule has 1 heterocycles. The lowest BCUT2D eigenvalue weighted by molar-refractivity contribution is -0.139. The van der Waals surface area contributed by atoms with Gasteiger partial charge >= 0.3 is 12.6 Å². The zero-order chi connectivity index (χ0) is 19.8. The highest BCUT2D eigenvalue weighted by Crippen LogP contribution is 2.19. The summed E-state index contributed by atoms with van der Waals surface area (Å²) < 4.78 is 28.5. The minimum atomic E-state index is -2.88. The van der Waals surface area contributed by atoms with E-state index in [1.54, 1.807) is 0 Å². The first-order valence-electron chi connectivity index (χ1n) is 8.90. The highest BCUT2D eigenvalue weighted by atomic mass is 19.3. The normalized spacial score (nSPS) is 15.9. The number of alkyl halides is 2. The van der Waals surface area contributed by atoms with Crippen LogP contribution in [0.2, 0.25) is 0 Å². The molecule has 1 aliphatic rings. The summed E-state index contributed by atoms with van der Waals surface area (Å²) in [5.41, 5.74) is 0.509. The van der Waals surface area contributed by atoms with Crippen molar-refractivity contribution in [2.75, 3.05) is 38.0 Å². The standard InChI is InChI=1S/C18H25F2N3O4/c1-2-23(12-17(25)26)14-7-9-22(10-8-14)11-16(24)21-13-3-5-15(6-4-13)27-18(19)20/h3-6,14,18H,2,7-12H2,1H3,(H,21,24)(H,25,26). The number of carbonyl (C=O) groups is 2. The largest absolute Gasteiger partial charge is 0.480 e. The van der Waals surface area contributed by atoms with Crippen molar-refractivity contribution in [3.05, 3.63) is 24.3 Å². The highest BCUT2D eigenvalue weighted by molar-refractivity contribution is 5.92. The maximum Gasteiger partial charge on any atom is 0.387 e. The topological polar surface area (TPSA) is 82.1 Å². The zero-order valence-corrected chi connectivity index (χ0v) is 15.2. The number of carbonyl (C=O) groups excluding carboxylic acids is 1. The number of aliphatic carboxylic acids is 1. The molecule has 0 bridgehead atoms. The fraction of sp³-hybridized carbons (Fsp3) is 0.556. The van der Waals surface area contributed by atoms with Crippen molar-refractivity contribution in [1.82, 2.24) is 9.80 Å². The number of ether oxygens (including phenoxy) is 1. The van der Waals surface area contributed by atoms with E-state index >= 15 is 0 Å². The fourth-order valence-electron chi connectivity index (χ4n) is 3.24. The van der Waals surface area contributed by atoms with E-state index in [2.05, 4.69) is 10.1 Å². The van der Waals surface area contributed by atoms with Crippen LogP contribution in [0.1, 0.15) is 19.8 Å². The predicted octanol–water partition coefficient (Wildman–Crippen LogP) is 2.10. The smallest absolute Gasteiger partial charge is 0.387 e. The van der Waals surface area contributed by atoms with Gasteiger partial charge in [0.1, 0.15) is 5.75 Å². The van der Waals surface area contributed by atoms with Gasteiger partial charge in [-0.1, -0.05) is 6.92 Å². The number of carboxylic acid groups (broad SMARTS) is 1.